The molecule has 0 spiro atoms. The molecule has 9 heavy (non-hydrogen) atoms. The maximum Gasteiger partial charge on any atom is 0.289 e. The van der Waals surface area contributed by atoms with E-state index >= 15 is 0 Å². The lowest BCUT2D eigenvalue weighted by Gasteiger charge is -1.96. The van der Waals surface area contributed by atoms with Crippen LogP contribution in [0.25, 0.3) is 0 Å². The summed E-state index contributed by atoms with van der Waals surface area (Å²) in [5, 5.41) is 2.93. The first kappa shape index (κ1) is 8.16. The molecule has 0 radical (unpaired) electrons. The summed E-state index contributed by atoms with van der Waals surface area (Å²) in [6, 6.07) is 0.0642. The molecule has 0 aliphatic heterocycles. The molecule has 0 unspecified atom stereocenters. The first-order valence-corrected chi connectivity index (χ1v) is 2.71. The number of nitrogens with zero attached hydrogens (tertiary/aromatic N) is 1. The summed E-state index contributed by atoms with van der Waals surface area (Å²) in [6.45, 7) is 0. The van der Waals surface area contributed by atoms with Crippen LogP contribution in [0.2, 0.25) is 0 Å². The standard InChI is InChI=1S/C4H9N3OS/c1-6-4(9)7-3(5)8-2/h1-2H3,(H3,5,6,7,9). The van der Waals surface area contributed by atoms with Crippen molar-refractivity contribution in [3.05, 3.63) is 0 Å². The Balaban J connectivity index is 3.79. The van der Waals surface area contributed by atoms with Crippen molar-refractivity contribution in [3.63, 3.8) is 0 Å². The number of amidine groups is 1. The van der Waals surface area contributed by atoms with Crippen molar-refractivity contribution in [2.45, 2.75) is 0 Å². The molecular weight excluding hydrogens is 138 g/mol. The molecule has 0 saturated carbocycles. The van der Waals surface area contributed by atoms with Crippen LogP contribution in [-0.4, -0.2) is 25.3 Å². The molecule has 0 saturated heterocycles. The second-order valence-electron chi connectivity index (χ2n) is 1.21. The van der Waals surface area contributed by atoms with Crippen LogP contribution in [0.3, 0.4) is 0 Å². The largest absolute Gasteiger partial charge is 0.468 e. The molecule has 0 aliphatic carbocycles. The van der Waals surface area contributed by atoms with Crippen LogP contribution < -0.4 is 11.1 Å². The predicted molar refractivity (Wildman–Crippen MR) is 40.3 cm³/mol. The van der Waals surface area contributed by atoms with Crippen molar-refractivity contribution in [1.29, 1.82) is 0 Å². The number of nitrogens with one attached hydrogen (secondary N) is 1. The molecule has 52 valence electrons. The molecule has 0 amide bonds. The highest BCUT2D eigenvalue weighted by atomic mass is 32.1. The zero-order valence-corrected chi connectivity index (χ0v) is 6.16. The van der Waals surface area contributed by atoms with E-state index < -0.39 is 0 Å². The second-order valence-corrected chi connectivity index (χ2v) is 1.60. The zero-order valence-electron chi connectivity index (χ0n) is 5.34. The van der Waals surface area contributed by atoms with E-state index in [2.05, 4.69) is 27.3 Å². The summed E-state index contributed by atoms with van der Waals surface area (Å²) in [7, 11) is 3.09. The topological polar surface area (TPSA) is 59.6 Å². The Hall–Kier alpha value is -0.840. The van der Waals surface area contributed by atoms with Gasteiger partial charge in [0.25, 0.3) is 6.02 Å². The predicted octanol–water partition coefficient (Wildman–Crippen LogP) is -0.548. The van der Waals surface area contributed by atoms with Crippen LogP contribution in [0, 0.1) is 0 Å². The minimum Gasteiger partial charge on any atom is -0.468 e. The van der Waals surface area contributed by atoms with Crippen LogP contribution >= 0.6 is 12.2 Å². The maximum atomic E-state index is 5.15. The number of hydrogen-bond acceptors (Lipinski definition) is 2. The van der Waals surface area contributed by atoms with Crippen molar-refractivity contribution >= 4 is 23.4 Å². The SMILES string of the molecule is CNC(=S)/N=C(\N)OC. The van der Waals surface area contributed by atoms with Gasteiger partial charge in [0, 0.05) is 7.05 Å². The van der Waals surface area contributed by atoms with Gasteiger partial charge >= 0.3 is 0 Å². The normalized spacial score (nSPS) is 10.7. The molecule has 0 aromatic rings. The van der Waals surface area contributed by atoms with Crippen molar-refractivity contribution in [3.8, 4) is 0 Å². The Morgan fingerprint density at radius 3 is 2.67 bits per heavy atom. The number of hydrogen-bond donors (Lipinski definition) is 2. The molecule has 5 heteroatoms. The first-order chi connectivity index (χ1) is 4.20. The second kappa shape index (κ2) is 4.08. The number of methoxy groups -OCH3 is 1. The van der Waals surface area contributed by atoms with Crippen molar-refractivity contribution in [1.82, 2.24) is 5.32 Å². The highest BCUT2D eigenvalue weighted by Gasteiger charge is 1.88. The monoisotopic (exact) mass is 147 g/mol. The quantitative estimate of drug-likeness (QED) is 0.274. The first-order valence-electron chi connectivity index (χ1n) is 2.30. The fraction of sp³-hybridized carbons (Fsp3) is 0.500. The molecule has 0 aromatic heterocycles. The minimum atomic E-state index is 0.0642. The van der Waals surface area contributed by atoms with Gasteiger partial charge < -0.3 is 15.8 Å². The highest BCUT2D eigenvalue weighted by Crippen LogP contribution is 1.74. The van der Waals surface area contributed by atoms with Crippen LogP contribution in [-0.2, 0) is 4.74 Å². The third-order valence-corrected chi connectivity index (χ3v) is 0.930. The zero-order chi connectivity index (χ0) is 7.28. The lowest BCUT2D eigenvalue weighted by Crippen LogP contribution is -2.20. The molecule has 0 rings (SSSR count). The van der Waals surface area contributed by atoms with Gasteiger partial charge in [0.1, 0.15) is 0 Å². The third kappa shape index (κ3) is 3.72. The van der Waals surface area contributed by atoms with Gasteiger partial charge in [0.15, 0.2) is 5.11 Å². The molecule has 0 atom stereocenters. The number of thiocarbonyl (C=S) groups is 1. The molecular formula is C4H9N3OS. The lowest BCUT2D eigenvalue weighted by atomic mass is 11.0. The average molecular weight is 147 g/mol. The average Bonchev–Trinajstić information content (AvgIpc) is 1.87. The Kier molecular flexibility index (Phi) is 3.70. The van der Waals surface area contributed by atoms with Gasteiger partial charge in [0.2, 0.25) is 0 Å². The third-order valence-electron chi connectivity index (χ3n) is 0.635. The highest BCUT2D eigenvalue weighted by molar-refractivity contribution is 7.80. The summed E-state index contributed by atoms with van der Waals surface area (Å²) >= 11 is 4.64. The van der Waals surface area contributed by atoms with E-state index in [1.54, 1.807) is 7.05 Å². The number of aliphatic imine (C=N–C) groups is 1. The summed E-state index contributed by atoms with van der Waals surface area (Å²) in [5.74, 6) is 0. The molecule has 0 aliphatic rings. The van der Waals surface area contributed by atoms with E-state index in [0.717, 1.165) is 0 Å². The van der Waals surface area contributed by atoms with E-state index in [1.807, 2.05) is 0 Å². The van der Waals surface area contributed by atoms with Gasteiger partial charge in [-0.3, -0.25) is 0 Å². The van der Waals surface area contributed by atoms with Crippen molar-refractivity contribution in [2.24, 2.45) is 10.7 Å². The Bertz CT molecular complexity index is 134. The molecule has 0 heterocycles. The summed E-state index contributed by atoms with van der Waals surface area (Å²) in [5.41, 5.74) is 5.15. The number of nitrogens with two attached hydrogens (primary N) is 1. The van der Waals surface area contributed by atoms with Crippen LogP contribution in [0.4, 0.5) is 0 Å². The number of ether oxygens (including phenoxy) is 1. The van der Waals surface area contributed by atoms with Crippen LogP contribution in [0.1, 0.15) is 0 Å². The van der Waals surface area contributed by atoms with Gasteiger partial charge in [-0.2, -0.15) is 4.99 Å². The smallest absolute Gasteiger partial charge is 0.289 e. The number of rotatable bonds is 0. The molecule has 0 fully saturated rings. The van der Waals surface area contributed by atoms with Gasteiger partial charge in [-0.25, -0.2) is 0 Å². The van der Waals surface area contributed by atoms with Gasteiger partial charge in [-0.05, 0) is 12.2 Å². The Morgan fingerprint density at radius 1 is 1.78 bits per heavy atom. The molecule has 0 aromatic carbocycles. The van der Waals surface area contributed by atoms with Gasteiger partial charge in [0.05, 0.1) is 7.11 Å². The van der Waals surface area contributed by atoms with Crippen molar-refractivity contribution < 1.29 is 4.74 Å². The van der Waals surface area contributed by atoms with E-state index in [9.17, 15) is 0 Å². The van der Waals surface area contributed by atoms with E-state index in [0.29, 0.717) is 5.11 Å². The van der Waals surface area contributed by atoms with E-state index in [4.69, 9.17) is 5.73 Å². The summed E-state index contributed by atoms with van der Waals surface area (Å²) in [4.78, 5) is 3.61. The summed E-state index contributed by atoms with van der Waals surface area (Å²) < 4.78 is 4.52. The fourth-order valence-corrected chi connectivity index (χ4v) is 0.292. The van der Waals surface area contributed by atoms with E-state index in [-0.39, 0.29) is 6.02 Å². The Labute approximate surface area is 59.1 Å². The molecule has 4 nitrogen and oxygen atoms in total. The van der Waals surface area contributed by atoms with Crippen molar-refractivity contribution in [2.75, 3.05) is 14.2 Å². The molecule has 0 bridgehead atoms. The minimum absolute atomic E-state index is 0.0642. The van der Waals surface area contributed by atoms with Crippen LogP contribution in [0.5, 0.6) is 0 Å². The Morgan fingerprint density at radius 2 is 2.33 bits per heavy atom. The van der Waals surface area contributed by atoms with Gasteiger partial charge in [-0.1, -0.05) is 0 Å². The van der Waals surface area contributed by atoms with E-state index in [1.165, 1.54) is 7.11 Å². The van der Waals surface area contributed by atoms with Crippen LogP contribution in [0.15, 0.2) is 4.99 Å². The van der Waals surface area contributed by atoms with Gasteiger partial charge in [-0.15, -0.1) is 0 Å². The fourth-order valence-electron chi connectivity index (χ4n) is 0.202. The lowest BCUT2D eigenvalue weighted by molar-refractivity contribution is 0.397. The maximum absolute atomic E-state index is 5.15. The summed E-state index contributed by atoms with van der Waals surface area (Å²) in [6.07, 6.45) is 0. The molecule has 3 N–H and O–H groups in total.